The van der Waals surface area contributed by atoms with Crippen LogP contribution in [0.3, 0.4) is 0 Å². The maximum Gasteiger partial charge on any atom is 0.126 e. The number of hydrogen-bond donors (Lipinski definition) is 1. The summed E-state index contributed by atoms with van der Waals surface area (Å²) >= 11 is 6.25. The minimum Gasteiger partial charge on any atom is -0.464 e. The molecule has 3 nitrogen and oxygen atoms in total. The van der Waals surface area contributed by atoms with Crippen LogP contribution in [0.4, 0.5) is 11.4 Å². The lowest BCUT2D eigenvalue weighted by Crippen LogP contribution is -2.10. The molecule has 4 heteroatoms. The van der Waals surface area contributed by atoms with Crippen LogP contribution in [0, 0.1) is 6.92 Å². The normalized spacial score (nSPS) is 12.3. The molecular weight excluding hydrogens is 260 g/mol. The van der Waals surface area contributed by atoms with Crippen molar-refractivity contribution >= 4 is 23.0 Å². The van der Waals surface area contributed by atoms with Crippen molar-refractivity contribution in [3.63, 3.8) is 0 Å². The average Bonchev–Trinajstić information content (AvgIpc) is 2.75. The Bertz CT molecular complexity index is 563. The van der Waals surface area contributed by atoms with Crippen molar-refractivity contribution in [3.8, 4) is 0 Å². The summed E-state index contributed by atoms with van der Waals surface area (Å²) in [4.78, 5) is 1.99. The summed E-state index contributed by atoms with van der Waals surface area (Å²) in [6.45, 7) is 4.00. The Balaban J connectivity index is 2.13. The summed E-state index contributed by atoms with van der Waals surface area (Å²) in [5, 5.41) is 4.12. The third-order valence-corrected chi connectivity index (χ3v) is 3.30. The van der Waals surface area contributed by atoms with Gasteiger partial charge < -0.3 is 14.6 Å². The van der Waals surface area contributed by atoms with E-state index in [4.69, 9.17) is 16.0 Å². The summed E-state index contributed by atoms with van der Waals surface area (Å²) in [7, 11) is 3.95. The van der Waals surface area contributed by atoms with Crippen LogP contribution >= 0.6 is 11.6 Å². The van der Waals surface area contributed by atoms with Crippen molar-refractivity contribution in [2.75, 3.05) is 24.3 Å². The molecular formula is C15H19ClN2O. The molecule has 0 aliphatic rings. The molecule has 1 heterocycles. The first-order valence-corrected chi connectivity index (χ1v) is 6.65. The Labute approximate surface area is 119 Å². The number of halogens is 1. The molecule has 102 valence electrons. The van der Waals surface area contributed by atoms with Crippen LogP contribution in [0.2, 0.25) is 5.02 Å². The van der Waals surface area contributed by atoms with Gasteiger partial charge in [0.25, 0.3) is 0 Å². The lowest BCUT2D eigenvalue weighted by molar-refractivity contribution is 0.467. The molecule has 0 saturated carbocycles. The van der Waals surface area contributed by atoms with Crippen LogP contribution in [0.15, 0.2) is 34.7 Å². The second-order valence-corrected chi connectivity index (χ2v) is 5.28. The molecule has 0 bridgehead atoms. The number of hydrogen-bond acceptors (Lipinski definition) is 3. The predicted octanol–water partition coefficient (Wildman–Crippen LogP) is 4.48. The highest BCUT2D eigenvalue weighted by Gasteiger charge is 2.10. The quantitative estimate of drug-likeness (QED) is 0.894. The molecule has 2 rings (SSSR count). The molecule has 1 aromatic carbocycles. The van der Waals surface area contributed by atoms with E-state index in [9.17, 15) is 0 Å². The second kappa shape index (κ2) is 5.57. The van der Waals surface area contributed by atoms with Gasteiger partial charge in [0.1, 0.15) is 11.5 Å². The molecule has 0 aliphatic carbocycles. The van der Waals surface area contributed by atoms with E-state index in [0.717, 1.165) is 27.9 Å². The van der Waals surface area contributed by atoms with Crippen LogP contribution < -0.4 is 10.2 Å². The van der Waals surface area contributed by atoms with Crippen molar-refractivity contribution in [2.24, 2.45) is 0 Å². The first-order valence-electron chi connectivity index (χ1n) is 6.27. The van der Waals surface area contributed by atoms with Crippen LogP contribution in [0.1, 0.15) is 24.5 Å². The van der Waals surface area contributed by atoms with E-state index < -0.39 is 0 Å². The van der Waals surface area contributed by atoms with E-state index in [1.54, 1.807) is 0 Å². The minimum absolute atomic E-state index is 0.106. The highest BCUT2D eigenvalue weighted by atomic mass is 35.5. The fourth-order valence-electron chi connectivity index (χ4n) is 1.97. The van der Waals surface area contributed by atoms with Crippen molar-refractivity contribution in [3.05, 3.63) is 46.9 Å². The van der Waals surface area contributed by atoms with Crippen LogP contribution in [0.5, 0.6) is 0 Å². The zero-order valence-corrected chi connectivity index (χ0v) is 12.5. The van der Waals surface area contributed by atoms with E-state index >= 15 is 0 Å². The first kappa shape index (κ1) is 13.8. The fourth-order valence-corrected chi connectivity index (χ4v) is 2.32. The van der Waals surface area contributed by atoms with E-state index in [1.807, 2.05) is 56.3 Å². The molecule has 1 N–H and O–H groups in total. The van der Waals surface area contributed by atoms with Crippen molar-refractivity contribution in [1.29, 1.82) is 0 Å². The molecule has 19 heavy (non-hydrogen) atoms. The van der Waals surface area contributed by atoms with Crippen molar-refractivity contribution < 1.29 is 4.42 Å². The van der Waals surface area contributed by atoms with E-state index in [1.165, 1.54) is 0 Å². The number of furan rings is 1. The topological polar surface area (TPSA) is 28.4 Å². The smallest absolute Gasteiger partial charge is 0.126 e. The van der Waals surface area contributed by atoms with E-state index in [2.05, 4.69) is 12.2 Å². The fraction of sp³-hybridized carbons (Fsp3) is 0.333. The summed E-state index contributed by atoms with van der Waals surface area (Å²) in [6, 6.07) is 10.0. The maximum atomic E-state index is 6.25. The van der Waals surface area contributed by atoms with Crippen LogP contribution in [0.25, 0.3) is 0 Å². The van der Waals surface area contributed by atoms with Gasteiger partial charge in [-0.3, -0.25) is 0 Å². The van der Waals surface area contributed by atoms with Gasteiger partial charge >= 0.3 is 0 Å². The Morgan fingerprint density at radius 3 is 2.47 bits per heavy atom. The van der Waals surface area contributed by atoms with Crippen LogP contribution in [-0.2, 0) is 0 Å². The van der Waals surface area contributed by atoms with Gasteiger partial charge in [-0.2, -0.15) is 0 Å². The number of nitrogens with one attached hydrogen (secondary N) is 1. The first-order chi connectivity index (χ1) is 8.97. The van der Waals surface area contributed by atoms with Gasteiger partial charge in [0.15, 0.2) is 0 Å². The lowest BCUT2D eigenvalue weighted by atomic mass is 10.2. The molecule has 0 fully saturated rings. The van der Waals surface area contributed by atoms with Gasteiger partial charge in [-0.1, -0.05) is 11.6 Å². The van der Waals surface area contributed by atoms with Gasteiger partial charge in [-0.05, 0) is 44.2 Å². The van der Waals surface area contributed by atoms with Gasteiger partial charge in [0.2, 0.25) is 0 Å². The van der Waals surface area contributed by atoms with Gasteiger partial charge in [0, 0.05) is 19.8 Å². The highest BCUT2D eigenvalue weighted by Crippen LogP contribution is 2.29. The van der Waals surface area contributed by atoms with E-state index in [-0.39, 0.29) is 6.04 Å². The number of nitrogens with zero attached hydrogens (tertiary/aromatic N) is 1. The number of aryl methyl sites for hydroxylation is 1. The predicted molar refractivity (Wildman–Crippen MR) is 81.3 cm³/mol. The summed E-state index contributed by atoms with van der Waals surface area (Å²) in [6.07, 6.45) is 0. The minimum atomic E-state index is 0.106. The van der Waals surface area contributed by atoms with E-state index in [0.29, 0.717) is 0 Å². The average molecular weight is 279 g/mol. The zero-order valence-electron chi connectivity index (χ0n) is 11.7. The molecule has 0 amide bonds. The largest absolute Gasteiger partial charge is 0.464 e. The van der Waals surface area contributed by atoms with Crippen molar-refractivity contribution in [1.82, 2.24) is 0 Å². The second-order valence-electron chi connectivity index (χ2n) is 4.88. The molecule has 0 spiro atoms. The summed E-state index contributed by atoms with van der Waals surface area (Å²) < 4.78 is 5.61. The number of benzene rings is 1. The number of rotatable bonds is 4. The third-order valence-electron chi connectivity index (χ3n) is 3.00. The van der Waals surface area contributed by atoms with Crippen molar-refractivity contribution in [2.45, 2.75) is 19.9 Å². The summed E-state index contributed by atoms with van der Waals surface area (Å²) in [5.41, 5.74) is 1.99. The Morgan fingerprint density at radius 1 is 1.21 bits per heavy atom. The molecule has 1 aromatic heterocycles. The Hall–Kier alpha value is -1.61. The summed E-state index contributed by atoms with van der Waals surface area (Å²) in [5.74, 6) is 1.84. The molecule has 1 atom stereocenters. The Kier molecular flexibility index (Phi) is 4.05. The van der Waals surface area contributed by atoms with Gasteiger partial charge in [-0.25, -0.2) is 0 Å². The molecule has 0 aliphatic heterocycles. The lowest BCUT2D eigenvalue weighted by Gasteiger charge is -2.17. The molecule has 0 radical (unpaired) electrons. The highest BCUT2D eigenvalue weighted by molar-refractivity contribution is 6.33. The van der Waals surface area contributed by atoms with Gasteiger partial charge in [0.05, 0.1) is 16.8 Å². The third kappa shape index (κ3) is 3.24. The van der Waals surface area contributed by atoms with Crippen LogP contribution in [-0.4, -0.2) is 14.1 Å². The maximum absolute atomic E-state index is 6.25. The van der Waals surface area contributed by atoms with Gasteiger partial charge in [-0.15, -0.1) is 0 Å². The molecule has 2 aromatic rings. The molecule has 0 saturated heterocycles. The standard InChI is InChI=1S/C15H19ClN2O/c1-10-5-8-15(19-10)11(2)17-12-6-7-14(18(3)4)13(16)9-12/h5-9,11,17H,1-4H3. The zero-order chi connectivity index (χ0) is 14.0. The number of anilines is 2. The monoisotopic (exact) mass is 278 g/mol. The Morgan fingerprint density at radius 2 is 1.95 bits per heavy atom. The SMILES string of the molecule is Cc1ccc(C(C)Nc2ccc(N(C)C)c(Cl)c2)o1. The molecule has 1 unspecified atom stereocenters.